The molecule has 1 aromatic carbocycles. The summed E-state index contributed by atoms with van der Waals surface area (Å²) in [5.41, 5.74) is 0.692. The Morgan fingerprint density at radius 2 is 1.71 bits per heavy atom. The van der Waals surface area contributed by atoms with Crippen LogP contribution in [0.2, 0.25) is 0 Å². The number of fused-ring (bicyclic) bond motifs is 1. The van der Waals surface area contributed by atoms with Gasteiger partial charge in [-0.25, -0.2) is 4.39 Å². The molecule has 1 aliphatic heterocycles. The second-order valence-electron chi connectivity index (χ2n) is 5.54. The van der Waals surface area contributed by atoms with Gasteiger partial charge in [0.15, 0.2) is 0 Å². The zero-order valence-corrected chi connectivity index (χ0v) is 14.4. The Hall–Kier alpha value is -2.55. The number of aryl methyl sites for hydroxylation is 2. The molecule has 1 N–H and O–H groups in total. The van der Waals surface area contributed by atoms with E-state index in [1.165, 1.54) is 20.2 Å². The van der Waals surface area contributed by atoms with Crippen molar-refractivity contribution in [2.75, 3.05) is 28.0 Å². The molecule has 24 heavy (non-hydrogen) atoms. The quantitative estimate of drug-likeness (QED) is 0.899. The van der Waals surface area contributed by atoms with Crippen LogP contribution < -0.4 is 13.9 Å². The molecular formula is C15H16FN3O4S. The molecule has 0 bridgehead atoms. The van der Waals surface area contributed by atoms with Crippen molar-refractivity contribution in [3.63, 3.8) is 0 Å². The highest BCUT2D eigenvalue weighted by Gasteiger charge is 2.36. The molecule has 9 heteroatoms. The third kappa shape index (κ3) is 2.32. The summed E-state index contributed by atoms with van der Waals surface area (Å²) in [5.74, 6) is -0.261. The van der Waals surface area contributed by atoms with Crippen molar-refractivity contribution in [3.8, 4) is 0 Å². The van der Waals surface area contributed by atoms with Gasteiger partial charge in [0.1, 0.15) is 17.3 Å². The molecule has 0 atom stereocenters. The highest BCUT2D eigenvalue weighted by atomic mass is 32.2. The Morgan fingerprint density at radius 1 is 1.12 bits per heavy atom. The topological polar surface area (TPSA) is 82.9 Å². The van der Waals surface area contributed by atoms with E-state index in [1.807, 2.05) is 0 Å². The van der Waals surface area contributed by atoms with Crippen molar-refractivity contribution in [3.05, 3.63) is 41.1 Å². The summed E-state index contributed by atoms with van der Waals surface area (Å²) >= 11 is 0. The van der Waals surface area contributed by atoms with Crippen molar-refractivity contribution >= 4 is 33.2 Å². The lowest BCUT2D eigenvalue weighted by Crippen LogP contribution is -2.32. The third-order valence-corrected chi connectivity index (χ3v) is 5.75. The predicted molar refractivity (Wildman–Crippen MR) is 88.3 cm³/mol. The van der Waals surface area contributed by atoms with Crippen LogP contribution in [-0.4, -0.2) is 28.4 Å². The number of anilines is 3. The van der Waals surface area contributed by atoms with Crippen LogP contribution >= 0.6 is 0 Å². The van der Waals surface area contributed by atoms with Crippen LogP contribution in [-0.2, 0) is 10.2 Å². The van der Waals surface area contributed by atoms with Gasteiger partial charge in [-0.05, 0) is 26.0 Å². The van der Waals surface area contributed by atoms with Gasteiger partial charge in [-0.15, -0.1) is 0 Å². The number of amides is 1. The predicted octanol–water partition coefficient (Wildman–Crippen LogP) is 2.42. The summed E-state index contributed by atoms with van der Waals surface area (Å²) in [4.78, 5) is 12.3. The average Bonchev–Trinajstić information content (AvgIpc) is 2.92. The maximum atomic E-state index is 14.3. The first kappa shape index (κ1) is 16.3. The van der Waals surface area contributed by atoms with Crippen molar-refractivity contribution in [2.24, 2.45) is 0 Å². The molecule has 1 aliphatic rings. The van der Waals surface area contributed by atoms with Crippen LogP contribution in [0.1, 0.15) is 21.9 Å². The zero-order chi connectivity index (χ0) is 17.8. The Labute approximate surface area is 138 Å². The Morgan fingerprint density at radius 3 is 2.25 bits per heavy atom. The molecule has 2 aromatic rings. The van der Waals surface area contributed by atoms with Crippen molar-refractivity contribution in [2.45, 2.75) is 13.8 Å². The van der Waals surface area contributed by atoms with Gasteiger partial charge in [0, 0.05) is 20.2 Å². The average molecular weight is 353 g/mol. The molecule has 0 unspecified atom stereocenters. The zero-order valence-electron chi connectivity index (χ0n) is 13.5. The minimum Gasteiger partial charge on any atom is -0.466 e. The van der Waals surface area contributed by atoms with Gasteiger partial charge in [-0.2, -0.15) is 8.42 Å². The summed E-state index contributed by atoms with van der Waals surface area (Å²) < 4.78 is 45.8. The number of benzene rings is 1. The first-order valence-electron chi connectivity index (χ1n) is 7.07. The molecule has 0 saturated carbocycles. The maximum Gasteiger partial charge on any atom is 0.326 e. The van der Waals surface area contributed by atoms with Gasteiger partial charge in [0.2, 0.25) is 0 Å². The Balaban J connectivity index is 1.99. The van der Waals surface area contributed by atoms with Crippen LogP contribution in [0.4, 0.5) is 21.5 Å². The van der Waals surface area contributed by atoms with Gasteiger partial charge in [-0.3, -0.25) is 13.4 Å². The summed E-state index contributed by atoms with van der Waals surface area (Å²) in [6.45, 7) is 3.34. The molecule has 0 radical (unpaired) electrons. The number of nitrogens with zero attached hydrogens (tertiary/aromatic N) is 2. The highest BCUT2D eigenvalue weighted by Crippen LogP contribution is 2.41. The molecule has 0 spiro atoms. The minimum absolute atomic E-state index is 0.102. The standard InChI is InChI=1S/C15H16FN3O4S/c1-8-5-10(9(2)23-8)15(20)17-12-7-14-13(6-11(12)16)18(3)24(21,22)19(14)4/h5-7H,1-4H3,(H,17,20). The van der Waals surface area contributed by atoms with Gasteiger partial charge in [0.05, 0.1) is 22.6 Å². The van der Waals surface area contributed by atoms with Crippen molar-refractivity contribution < 1.29 is 22.0 Å². The summed E-state index contributed by atoms with van der Waals surface area (Å²) in [6, 6.07) is 3.94. The van der Waals surface area contributed by atoms with E-state index in [0.29, 0.717) is 17.1 Å². The molecule has 1 amide bonds. The minimum atomic E-state index is -3.71. The highest BCUT2D eigenvalue weighted by molar-refractivity contribution is 7.94. The summed E-state index contributed by atoms with van der Waals surface area (Å²) in [7, 11) is -1.00. The van der Waals surface area contributed by atoms with Gasteiger partial charge < -0.3 is 9.73 Å². The third-order valence-electron chi connectivity index (χ3n) is 3.97. The SMILES string of the molecule is Cc1cc(C(=O)Nc2cc3c(cc2F)N(C)S(=O)(=O)N3C)c(C)o1. The first-order valence-corrected chi connectivity index (χ1v) is 8.47. The molecule has 0 aliphatic carbocycles. The smallest absolute Gasteiger partial charge is 0.326 e. The monoisotopic (exact) mass is 353 g/mol. The van der Waals surface area contributed by atoms with E-state index in [1.54, 1.807) is 19.9 Å². The molecule has 3 rings (SSSR count). The number of halogens is 1. The molecule has 2 heterocycles. The van der Waals surface area contributed by atoms with E-state index in [0.717, 1.165) is 14.7 Å². The fourth-order valence-corrected chi connectivity index (χ4v) is 3.79. The Bertz CT molecular complexity index is 952. The number of rotatable bonds is 2. The van der Waals surface area contributed by atoms with Crippen LogP contribution in [0.15, 0.2) is 22.6 Å². The van der Waals surface area contributed by atoms with E-state index in [9.17, 15) is 17.6 Å². The van der Waals surface area contributed by atoms with Gasteiger partial charge in [-0.1, -0.05) is 0 Å². The van der Waals surface area contributed by atoms with E-state index in [4.69, 9.17) is 4.42 Å². The molecule has 0 saturated heterocycles. The van der Waals surface area contributed by atoms with E-state index >= 15 is 0 Å². The van der Waals surface area contributed by atoms with Crippen LogP contribution in [0, 0.1) is 19.7 Å². The number of hydrogen-bond donors (Lipinski definition) is 1. The van der Waals surface area contributed by atoms with Crippen LogP contribution in [0.25, 0.3) is 0 Å². The second-order valence-corrected chi connectivity index (χ2v) is 7.54. The maximum absolute atomic E-state index is 14.3. The van der Waals surface area contributed by atoms with E-state index < -0.39 is 21.9 Å². The molecule has 128 valence electrons. The number of carbonyl (C=O) groups is 1. The largest absolute Gasteiger partial charge is 0.466 e. The number of carbonyl (C=O) groups excluding carboxylic acids is 1. The van der Waals surface area contributed by atoms with Crippen molar-refractivity contribution in [1.82, 2.24) is 0 Å². The molecule has 0 fully saturated rings. The molecular weight excluding hydrogens is 337 g/mol. The Kier molecular flexibility index (Phi) is 3.56. The fraction of sp³-hybridized carbons (Fsp3) is 0.267. The number of nitrogens with one attached hydrogen (secondary N) is 1. The molecule has 1 aromatic heterocycles. The fourth-order valence-electron chi connectivity index (χ4n) is 2.63. The van der Waals surface area contributed by atoms with Crippen LogP contribution in [0.3, 0.4) is 0 Å². The summed E-state index contributed by atoms with van der Waals surface area (Å²) in [5, 5.41) is 2.46. The van der Waals surface area contributed by atoms with Crippen LogP contribution in [0.5, 0.6) is 0 Å². The second kappa shape index (κ2) is 5.23. The van der Waals surface area contributed by atoms with Crippen molar-refractivity contribution in [1.29, 1.82) is 0 Å². The summed E-state index contributed by atoms with van der Waals surface area (Å²) in [6.07, 6.45) is 0. The lowest BCUT2D eigenvalue weighted by Gasteiger charge is -2.13. The first-order chi connectivity index (χ1) is 11.1. The van der Waals surface area contributed by atoms with Gasteiger partial charge >= 0.3 is 10.2 Å². The van der Waals surface area contributed by atoms with E-state index in [-0.39, 0.29) is 17.1 Å². The lowest BCUT2D eigenvalue weighted by atomic mass is 10.2. The normalized spacial score (nSPS) is 15.5. The number of hydrogen-bond acceptors (Lipinski definition) is 4. The molecule has 7 nitrogen and oxygen atoms in total. The lowest BCUT2D eigenvalue weighted by molar-refractivity contribution is 0.102. The number of furan rings is 1. The van der Waals surface area contributed by atoms with E-state index in [2.05, 4.69) is 5.32 Å². The van der Waals surface area contributed by atoms with Gasteiger partial charge in [0.25, 0.3) is 5.91 Å².